The highest BCUT2D eigenvalue weighted by atomic mass is 16.5. The Balaban J connectivity index is 1.25. The SMILES string of the molecule is CC(C)Cn1cc(-c2cnn(C)c2)cc(NC2CCC(c3ccc(N4CCOCC4)cc3)CC2)c1=O. The fourth-order valence-corrected chi connectivity index (χ4v) is 5.57. The van der Waals surface area contributed by atoms with Gasteiger partial charge in [0.25, 0.3) is 5.56 Å². The van der Waals surface area contributed by atoms with Gasteiger partial charge < -0.3 is 19.5 Å². The average Bonchev–Trinajstić information content (AvgIpc) is 3.33. The third-order valence-corrected chi connectivity index (χ3v) is 7.51. The van der Waals surface area contributed by atoms with Crippen molar-refractivity contribution in [3.63, 3.8) is 0 Å². The molecule has 2 aliphatic rings. The van der Waals surface area contributed by atoms with Gasteiger partial charge in [0, 0.05) is 61.9 Å². The first-order valence-electron chi connectivity index (χ1n) is 13.4. The van der Waals surface area contributed by atoms with Crippen molar-refractivity contribution in [2.45, 2.75) is 58.0 Å². The number of benzene rings is 1. The molecule has 0 spiro atoms. The van der Waals surface area contributed by atoms with Crippen molar-refractivity contribution >= 4 is 11.4 Å². The maximum Gasteiger partial charge on any atom is 0.273 e. The van der Waals surface area contributed by atoms with Crippen molar-refractivity contribution in [3.05, 3.63) is 64.8 Å². The van der Waals surface area contributed by atoms with E-state index in [1.165, 1.54) is 11.3 Å². The molecular formula is C29H39N5O2. The van der Waals surface area contributed by atoms with Crippen LogP contribution in [-0.2, 0) is 18.3 Å². The van der Waals surface area contributed by atoms with Crippen LogP contribution < -0.4 is 15.8 Å². The summed E-state index contributed by atoms with van der Waals surface area (Å²) in [5.74, 6) is 0.978. The van der Waals surface area contributed by atoms with Crippen LogP contribution in [0.5, 0.6) is 0 Å². The van der Waals surface area contributed by atoms with Crippen LogP contribution in [0.15, 0.2) is 53.7 Å². The third-order valence-electron chi connectivity index (χ3n) is 7.51. The van der Waals surface area contributed by atoms with Gasteiger partial charge in [-0.3, -0.25) is 9.48 Å². The van der Waals surface area contributed by atoms with Crippen molar-refractivity contribution in [3.8, 4) is 11.1 Å². The van der Waals surface area contributed by atoms with Gasteiger partial charge in [-0.05, 0) is 61.3 Å². The zero-order valence-electron chi connectivity index (χ0n) is 21.8. The summed E-state index contributed by atoms with van der Waals surface area (Å²) < 4.78 is 9.14. The summed E-state index contributed by atoms with van der Waals surface area (Å²) in [5, 5.41) is 7.95. The minimum Gasteiger partial charge on any atom is -0.378 e. The predicted molar refractivity (Wildman–Crippen MR) is 146 cm³/mol. The van der Waals surface area contributed by atoms with Gasteiger partial charge in [0.15, 0.2) is 0 Å². The highest BCUT2D eigenvalue weighted by Crippen LogP contribution is 2.35. The van der Waals surface area contributed by atoms with Gasteiger partial charge in [0.05, 0.1) is 19.4 Å². The van der Waals surface area contributed by atoms with Crippen LogP contribution in [0.4, 0.5) is 11.4 Å². The lowest BCUT2D eigenvalue weighted by atomic mass is 9.81. The summed E-state index contributed by atoms with van der Waals surface area (Å²) in [6.45, 7) is 8.55. The molecule has 1 aromatic carbocycles. The second kappa shape index (κ2) is 10.9. The molecule has 5 rings (SSSR count). The number of ether oxygens (including phenoxy) is 1. The van der Waals surface area contributed by atoms with Crippen LogP contribution in [0.2, 0.25) is 0 Å². The Morgan fingerprint density at radius 2 is 1.75 bits per heavy atom. The Morgan fingerprint density at radius 1 is 1.03 bits per heavy atom. The zero-order chi connectivity index (χ0) is 25.1. The minimum absolute atomic E-state index is 0.0668. The van der Waals surface area contributed by atoms with Crippen LogP contribution >= 0.6 is 0 Å². The molecule has 0 bridgehead atoms. The molecule has 192 valence electrons. The quantitative estimate of drug-likeness (QED) is 0.513. The number of aromatic nitrogens is 3. The molecule has 0 unspecified atom stereocenters. The first kappa shape index (κ1) is 24.6. The van der Waals surface area contributed by atoms with Crippen LogP contribution in [0.3, 0.4) is 0 Å². The van der Waals surface area contributed by atoms with E-state index in [0.717, 1.165) is 63.1 Å². The normalized spacial score (nSPS) is 20.6. The molecule has 1 saturated heterocycles. The summed E-state index contributed by atoms with van der Waals surface area (Å²) in [5.41, 5.74) is 5.56. The van der Waals surface area contributed by atoms with E-state index in [1.54, 1.807) is 4.68 Å². The summed E-state index contributed by atoms with van der Waals surface area (Å²) in [6.07, 6.45) is 10.2. The van der Waals surface area contributed by atoms with Gasteiger partial charge in [-0.1, -0.05) is 26.0 Å². The first-order chi connectivity index (χ1) is 17.5. The van der Waals surface area contributed by atoms with Gasteiger partial charge in [-0.15, -0.1) is 0 Å². The molecule has 1 saturated carbocycles. The molecule has 1 aliphatic heterocycles. The lowest BCUT2D eigenvalue weighted by molar-refractivity contribution is 0.122. The molecule has 0 amide bonds. The molecule has 3 aromatic rings. The van der Waals surface area contributed by atoms with Gasteiger partial charge in [0.1, 0.15) is 5.69 Å². The summed E-state index contributed by atoms with van der Waals surface area (Å²) in [6, 6.07) is 11.5. The number of aryl methyl sites for hydroxylation is 1. The maximum absolute atomic E-state index is 13.3. The Morgan fingerprint density at radius 3 is 2.39 bits per heavy atom. The van der Waals surface area contributed by atoms with E-state index >= 15 is 0 Å². The molecule has 36 heavy (non-hydrogen) atoms. The van der Waals surface area contributed by atoms with Crippen molar-refractivity contribution < 1.29 is 4.74 Å². The van der Waals surface area contributed by atoms with E-state index in [9.17, 15) is 4.79 Å². The number of hydrogen-bond donors (Lipinski definition) is 1. The first-order valence-corrected chi connectivity index (χ1v) is 13.4. The van der Waals surface area contributed by atoms with E-state index in [1.807, 2.05) is 36.3 Å². The van der Waals surface area contributed by atoms with Crippen LogP contribution in [0, 0.1) is 5.92 Å². The zero-order valence-corrected chi connectivity index (χ0v) is 21.8. The van der Waals surface area contributed by atoms with Gasteiger partial charge in [0.2, 0.25) is 0 Å². The second-order valence-corrected chi connectivity index (χ2v) is 10.8. The van der Waals surface area contributed by atoms with E-state index < -0.39 is 0 Å². The van der Waals surface area contributed by atoms with Crippen molar-refractivity contribution in [1.29, 1.82) is 0 Å². The topological polar surface area (TPSA) is 64.3 Å². The maximum atomic E-state index is 13.3. The van der Waals surface area contributed by atoms with Crippen LogP contribution in [-0.4, -0.2) is 46.7 Å². The molecule has 1 N–H and O–H groups in total. The number of hydrogen-bond acceptors (Lipinski definition) is 5. The molecule has 0 radical (unpaired) electrons. The van der Waals surface area contributed by atoms with Crippen molar-refractivity contribution in [2.24, 2.45) is 13.0 Å². The minimum atomic E-state index is 0.0668. The Bertz CT molecular complexity index is 1200. The Hall–Kier alpha value is -3.06. The molecule has 2 aromatic heterocycles. The van der Waals surface area contributed by atoms with Crippen LogP contribution in [0.1, 0.15) is 51.0 Å². The standard InChI is InChI=1S/C29H39N5O2/c1-21(2)18-34-20-24(25-17-30-32(3)19-25)16-28(29(34)35)31-26-8-4-22(5-9-26)23-6-10-27(11-7-23)33-12-14-36-15-13-33/h6-7,10-11,16-17,19-22,26,31H,4-5,8-9,12-15,18H2,1-3H3. The summed E-state index contributed by atoms with van der Waals surface area (Å²) in [4.78, 5) is 15.7. The fraction of sp³-hybridized carbons (Fsp3) is 0.517. The number of pyridine rings is 1. The molecular weight excluding hydrogens is 450 g/mol. The van der Waals surface area contributed by atoms with E-state index in [2.05, 4.69) is 53.4 Å². The highest BCUT2D eigenvalue weighted by Gasteiger charge is 2.24. The van der Waals surface area contributed by atoms with E-state index in [-0.39, 0.29) is 5.56 Å². The van der Waals surface area contributed by atoms with Gasteiger partial charge in [-0.2, -0.15) is 5.10 Å². The summed E-state index contributed by atoms with van der Waals surface area (Å²) in [7, 11) is 1.92. The molecule has 7 heteroatoms. The average molecular weight is 490 g/mol. The lowest BCUT2D eigenvalue weighted by Crippen LogP contribution is -2.36. The number of nitrogens with zero attached hydrogens (tertiary/aromatic N) is 4. The summed E-state index contributed by atoms with van der Waals surface area (Å²) >= 11 is 0. The largest absolute Gasteiger partial charge is 0.378 e. The monoisotopic (exact) mass is 489 g/mol. The number of nitrogens with one attached hydrogen (secondary N) is 1. The van der Waals surface area contributed by atoms with Crippen molar-refractivity contribution in [1.82, 2.24) is 14.3 Å². The van der Waals surface area contributed by atoms with Crippen molar-refractivity contribution in [2.75, 3.05) is 36.5 Å². The predicted octanol–water partition coefficient (Wildman–Crippen LogP) is 4.88. The van der Waals surface area contributed by atoms with Gasteiger partial charge in [-0.25, -0.2) is 0 Å². The molecule has 2 fully saturated rings. The molecule has 0 atom stereocenters. The smallest absolute Gasteiger partial charge is 0.273 e. The number of morpholine rings is 1. The van der Waals surface area contributed by atoms with E-state index in [4.69, 9.17) is 4.74 Å². The van der Waals surface area contributed by atoms with E-state index in [0.29, 0.717) is 30.1 Å². The number of anilines is 2. The second-order valence-electron chi connectivity index (χ2n) is 10.8. The molecule has 1 aliphatic carbocycles. The Kier molecular flexibility index (Phi) is 7.46. The fourth-order valence-electron chi connectivity index (χ4n) is 5.57. The molecule has 3 heterocycles. The van der Waals surface area contributed by atoms with Crippen LogP contribution in [0.25, 0.3) is 11.1 Å². The van der Waals surface area contributed by atoms with Gasteiger partial charge >= 0.3 is 0 Å². The molecule has 7 nitrogen and oxygen atoms in total. The lowest BCUT2D eigenvalue weighted by Gasteiger charge is -2.31. The highest BCUT2D eigenvalue weighted by molar-refractivity contribution is 5.65. The Labute approximate surface area is 214 Å². The third kappa shape index (κ3) is 5.67. The number of rotatable bonds is 7.